The molecule has 3 rings (SSSR count). The number of fused-ring (bicyclic) bond motifs is 1. The first kappa shape index (κ1) is 14.3. The lowest BCUT2D eigenvalue weighted by atomic mass is 10.0. The Kier molecular flexibility index (Phi) is 4.08. The summed E-state index contributed by atoms with van der Waals surface area (Å²) < 4.78 is 5.04. The van der Waals surface area contributed by atoms with Gasteiger partial charge in [-0.1, -0.05) is 30.3 Å². The van der Waals surface area contributed by atoms with Gasteiger partial charge in [-0.25, -0.2) is 4.79 Å². The number of thiophene rings is 1. The van der Waals surface area contributed by atoms with Gasteiger partial charge < -0.3 is 4.74 Å². The topological polar surface area (TPSA) is 29.5 Å². The standard InChI is InChI=1S/C17H19NO2S/c1-12-10-14-11-18(9-8-15(14)21-12)16(17(19)20-2)13-6-4-3-5-7-13/h3-7,10,16H,8-9,11H2,1-2H3/t16-/m0/s1. The lowest BCUT2D eigenvalue weighted by Crippen LogP contribution is -2.38. The van der Waals surface area contributed by atoms with Crippen LogP contribution in [0.15, 0.2) is 36.4 Å². The van der Waals surface area contributed by atoms with Crippen LogP contribution in [0.25, 0.3) is 0 Å². The second kappa shape index (κ2) is 6.00. The highest BCUT2D eigenvalue weighted by atomic mass is 32.1. The first-order valence-corrected chi connectivity index (χ1v) is 7.95. The molecule has 0 N–H and O–H groups in total. The predicted octanol–water partition coefficient (Wildman–Crippen LogP) is 3.33. The third-order valence-electron chi connectivity index (χ3n) is 3.92. The molecule has 110 valence electrons. The van der Waals surface area contributed by atoms with E-state index in [0.29, 0.717) is 0 Å². The molecule has 2 aromatic rings. The highest BCUT2D eigenvalue weighted by Gasteiger charge is 2.31. The van der Waals surface area contributed by atoms with Gasteiger partial charge in [0.05, 0.1) is 7.11 Å². The number of rotatable bonds is 3. The first-order valence-electron chi connectivity index (χ1n) is 7.14. The molecule has 0 aliphatic carbocycles. The van der Waals surface area contributed by atoms with Crippen LogP contribution in [0.2, 0.25) is 0 Å². The van der Waals surface area contributed by atoms with Gasteiger partial charge in [-0.05, 0) is 30.5 Å². The fraction of sp³-hybridized carbons (Fsp3) is 0.353. The molecule has 0 spiro atoms. The maximum atomic E-state index is 12.3. The molecule has 1 aliphatic rings. The molecule has 0 fully saturated rings. The number of nitrogens with zero attached hydrogens (tertiary/aromatic N) is 1. The van der Waals surface area contributed by atoms with Crippen molar-refractivity contribution in [3.8, 4) is 0 Å². The third-order valence-corrected chi connectivity index (χ3v) is 5.08. The summed E-state index contributed by atoms with van der Waals surface area (Å²) in [5.74, 6) is -0.184. The molecule has 0 unspecified atom stereocenters. The molecule has 0 saturated heterocycles. The molecule has 3 nitrogen and oxygen atoms in total. The summed E-state index contributed by atoms with van der Waals surface area (Å²) in [5.41, 5.74) is 2.35. The van der Waals surface area contributed by atoms with Gasteiger partial charge in [0.25, 0.3) is 0 Å². The average Bonchev–Trinajstić information content (AvgIpc) is 2.88. The minimum absolute atomic E-state index is 0.184. The van der Waals surface area contributed by atoms with E-state index in [0.717, 1.165) is 25.1 Å². The summed E-state index contributed by atoms with van der Waals surface area (Å²) >= 11 is 1.87. The van der Waals surface area contributed by atoms with Gasteiger partial charge in [0.1, 0.15) is 6.04 Å². The normalized spacial score (nSPS) is 16.3. The Hall–Kier alpha value is -1.65. The number of hydrogen-bond donors (Lipinski definition) is 0. The summed E-state index contributed by atoms with van der Waals surface area (Å²) in [6.45, 7) is 3.85. The minimum atomic E-state index is -0.315. The number of carbonyl (C=O) groups is 1. The van der Waals surface area contributed by atoms with E-state index >= 15 is 0 Å². The molecule has 0 amide bonds. The first-order chi connectivity index (χ1) is 10.2. The minimum Gasteiger partial charge on any atom is -0.468 e. The molecule has 1 atom stereocenters. The van der Waals surface area contributed by atoms with Crippen molar-refractivity contribution in [2.45, 2.75) is 25.9 Å². The zero-order chi connectivity index (χ0) is 14.8. The molecule has 0 bridgehead atoms. The van der Waals surface area contributed by atoms with Crippen LogP contribution in [0.3, 0.4) is 0 Å². The van der Waals surface area contributed by atoms with Gasteiger partial charge in [-0.15, -0.1) is 11.3 Å². The lowest BCUT2D eigenvalue weighted by molar-refractivity contribution is -0.147. The molecule has 1 aliphatic heterocycles. The molecule has 0 radical (unpaired) electrons. The second-order valence-electron chi connectivity index (χ2n) is 5.36. The van der Waals surface area contributed by atoms with E-state index in [1.807, 2.05) is 41.7 Å². The van der Waals surface area contributed by atoms with Gasteiger partial charge in [-0.3, -0.25) is 4.90 Å². The van der Waals surface area contributed by atoms with Gasteiger partial charge in [0, 0.05) is 22.8 Å². The SMILES string of the molecule is COC(=O)[C@H](c1ccccc1)N1CCc2sc(C)cc2C1. The Bertz CT molecular complexity index is 635. The van der Waals surface area contributed by atoms with Crippen LogP contribution >= 0.6 is 11.3 Å². The zero-order valence-electron chi connectivity index (χ0n) is 12.3. The largest absolute Gasteiger partial charge is 0.468 e. The van der Waals surface area contributed by atoms with E-state index in [2.05, 4.69) is 17.9 Å². The van der Waals surface area contributed by atoms with Crippen molar-refractivity contribution in [3.05, 3.63) is 57.3 Å². The van der Waals surface area contributed by atoms with Crippen LogP contribution in [-0.2, 0) is 22.5 Å². The number of carbonyl (C=O) groups excluding carboxylic acids is 1. The van der Waals surface area contributed by atoms with E-state index < -0.39 is 0 Å². The van der Waals surface area contributed by atoms with Crippen LogP contribution in [-0.4, -0.2) is 24.5 Å². The van der Waals surface area contributed by atoms with E-state index in [1.54, 1.807) is 0 Å². The number of aryl methyl sites for hydroxylation is 1. The van der Waals surface area contributed by atoms with Gasteiger partial charge in [0.15, 0.2) is 0 Å². The number of benzene rings is 1. The van der Waals surface area contributed by atoms with Crippen molar-refractivity contribution < 1.29 is 9.53 Å². The summed E-state index contributed by atoms with van der Waals surface area (Å²) in [6, 6.07) is 11.8. The fourth-order valence-corrected chi connectivity index (χ4v) is 4.00. The molecule has 2 heterocycles. The third kappa shape index (κ3) is 2.87. The van der Waals surface area contributed by atoms with Gasteiger partial charge >= 0.3 is 5.97 Å². The Morgan fingerprint density at radius 3 is 2.81 bits per heavy atom. The van der Waals surface area contributed by atoms with Gasteiger partial charge in [-0.2, -0.15) is 0 Å². The molecule has 1 aromatic carbocycles. The van der Waals surface area contributed by atoms with E-state index in [1.165, 1.54) is 22.4 Å². The van der Waals surface area contributed by atoms with Crippen LogP contribution in [0.5, 0.6) is 0 Å². The highest BCUT2D eigenvalue weighted by molar-refractivity contribution is 7.12. The Morgan fingerprint density at radius 1 is 1.33 bits per heavy atom. The van der Waals surface area contributed by atoms with Crippen molar-refractivity contribution in [2.75, 3.05) is 13.7 Å². The van der Waals surface area contributed by atoms with E-state index in [-0.39, 0.29) is 12.0 Å². The number of hydrogen-bond acceptors (Lipinski definition) is 4. The van der Waals surface area contributed by atoms with Crippen molar-refractivity contribution in [1.29, 1.82) is 0 Å². The smallest absolute Gasteiger partial charge is 0.327 e. The Balaban J connectivity index is 1.90. The molecular formula is C17H19NO2S. The van der Waals surface area contributed by atoms with Crippen molar-refractivity contribution in [1.82, 2.24) is 4.90 Å². The molecular weight excluding hydrogens is 282 g/mol. The maximum absolute atomic E-state index is 12.3. The predicted molar refractivity (Wildman–Crippen MR) is 84.4 cm³/mol. The van der Waals surface area contributed by atoms with Crippen LogP contribution in [0.4, 0.5) is 0 Å². The molecule has 0 saturated carbocycles. The quantitative estimate of drug-likeness (QED) is 0.814. The zero-order valence-corrected chi connectivity index (χ0v) is 13.2. The monoisotopic (exact) mass is 301 g/mol. The average molecular weight is 301 g/mol. The Labute approximate surface area is 129 Å². The second-order valence-corrected chi connectivity index (χ2v) is 6.70. The van der Waals surface area contributed by atoms with Crippen LogP contribution in [0.1, 0.15) is 26.9 Å². The summed E-state index contributed by atoms with van der Waals surface area (Å²) in [4.78, 5) is 17.3. The van der Waals surface area contributed by atoms with Crippen LogP contribution in [0, 0.1) is 6.92 Å². The van der Waals surface area contributed by atoms with Gasteiger partial charge in [0.2, 0.25) is 0 Å². The number of methoxy groups -OCH3 is 1. The summed E-state index contributed by atoms with van der Waals surface area (Å²) in [5, 5.41) is 0. The summed E-state index contributed by atoms with van der Waals surface area (Å²) in [7, 11) is 1.46. The van der Waals surface area contributed by atoms with Crippen LogP contribution < -0.4 is 0 Å². The van der Waals surface area contributed by atoms with Crippen molar-refractivity contribution in [2.24, 2.45) is 0 Å². The van der Waals surface area contributed by atoms with E-state index in [9.17, 15) is 4.79 Å². The number of ether oxygens (including phenoxy) is 1. The number of esters is 1. The fourth-order valence-electron chi connectivity index (χ4n) is 2.97. The van der Waals surface area contributed by atoms with E-state index in [4.69, 9.17) is 4.74 Å². The van der Waals surface area contributed by atoms with Crippen molar-refractivity contribution in [3.63, 3.8) is 0 Å². The molecule has 4 heteroatoms. The lowest BCUT2D eigenvalue weighted by Gasteiger charge is -2.33. The highest BCUT2D eigenvalue weighted by Crippen LogP contribution is 2.32. The molecule has 21 heavy (non-hydrogen) atoms. The Morgan fingerprint density at radius 2 is 2.10 bits per heavy atom. The molecule has 1 aromatic heterocycles. The maximum Gasteiger partial charge on any atom is 0.327 e. The van der Waals surface area contributed by atoms with Crippen molar-refractivity contribution >= 4 is 17.3 Å². The summed E-state index contributed by atoms with van der Waals surface area (Å²) in [6.07, 6.45) is 1.01.